The Bertz CT molecular complexity index is 1030. The van der Waals surface area contributed by atoms with E-state index in [4.69, 9.17) is 9.47 Å². The van der Waals surface area contributed by atoms with Crippen LogP contribution < -0.4 is 14.8 Å². The first kappa shape index (κ1) is 26.4. The fraction of sp³-hybridized carbons (Fsp3) is 0.400. The van der Waals surface area contributed by atoms with E-state index in [-0.39, 0.29) is 17.2 Å². The van der Waals surface area contributed by atoms with Crippen molar-refractivity contribution in [1.29, 1.82) is 0 Å². The zero-order valence-corrected chi connectivity index (χ0v) is 20.7. The molecular formula is C25H34N2O5S. The van der Waals surface area contributed by atoms with Crippen LogP contribution in [0.2, 0.25) is 0 Å². The molecule has 0 saturated heterocycles. The number of hydrogen-bond acceptors (Lipinski definition) is 6. The maximum Gasteiger partial charge on any atom is 0.223 e. The van der Waals surface area contributed by atoms with Gasteiger partial charge in [-0.3, -0.25) is 4.79 Å². The van der Waals surface area contributed by atoms with Crippen LogP contribution in [0.4, 0.5) is 0 Å². The highest BCUT2D eigenvalue weighted by Gasteiger charge is 2.07. The molecule has 0 aliphatic carbocycles. The largest absolute Gasteiger partial charge is 0.493 e. The van der Waals surface area contributed by atoms with Crippen LogP contribution in [0, 0.1) is 0 Å². The zero-order valence-electron chi connectivity index (χ0n) is 19.8. The van der Waals surface area contributed by atoms with Gasteiger partial charge in [0.15, 0.2) is 21.3 Å². The van der Waals surface area contributed by atoms with Crippen molar-refractivity contribution in [3.63, 3.8) is 0 Å². The first-order valence-electron chi connectivity index (χ1n) is 10.9. The smallest absolute Gasteiger partial charge is 0.223 e. The van der Waals surface area contributed by atoms with E-state index < -0.39 is 9.84 Å². The molecule has 180 valence electrons. The molecule has 8 heteroatoms. The lowest BCUT2D eigenvalue weighted by Gasteiger charge is -2.17. The summed E-state index contributed by atoms with van der Waals surface area (Å²) in [7, 11) is 2.13. The second-order valence-electron chi connectivity index (χ2n) is 7.89. The summed E-state index contributed by atoms with van der Waals surface area (Å²) in [6, 6.07) is 12.5. The van der Waals surface area contributed by atoms with E-state index >= 15 is 0 Å². The molecule has 0 heterocycles. The number of sulfone groups is 1. The first-order valence-corrected chi connectivity index (χ1v) is 12.7. The SMILES string of the molecule is COc1ccc(CCN(C)CCCNC(=O)C/C=C/c2ccc(S(C)(=O)=O)cc2)cc1OC. The van der Waals surface area contributed by atoms with Crippen LogP contribution >= 0.6 is 0 Å². The van der Waals surface area contributed by atoms with Crippen molar-refractivity contribution in [2.24, 2.45) is 0 Å². The third-order valence-corrected chi connectivity index (χ3v) is 6.32. The molecule has 1 amide bonds. The van der Waals surface area contributed by atoms with Crippen LogP contribution in [-0.4, -0.2) is 66.4 Å². The minimum atomic E-state index is -3.20. The predicted molar refractivity (Wildman–Crippen MR) is 132 cm³/mol. The molecule has 0 fully saturated rings. The molecule has 2 aromatic rings. The maximum atomic E-state index is 12.0. The van der Waals surface area contributed by atoms with Crippen molar-refractivity contribution >= 4 is 21.8 Å². The Balaban J connectivity index is 1.64. The summed E-state index contributed by atoms with van der Waals surface area (Å²) < 4.78 is 33.6. The molecule has 33 heavy (non-hydrogen) atoms. The second-order valence-corrected chi connectivity index (χ2v) is 9.91. The van der Waals surface area contributed by atoms with Crippen LogP contribution in [-0.2, 0) is 21.1 Å². The van der Waals surface area contributed by atoms with Crippen molar-refractivity contribution in [1.82, 2.24) is 10.2 Å². The summed E-state index contributed by atoms with van der Waals surface area (Å²) in [5.41, 5.74) is 2.04. The second kappa shape index (κ2) is 13.0. The average Bonchev–Trinajstić information content (AvgIpc) is 2.80. The fourth-order valence-electron chi connectivity index (χ4n) is 3.25. The molecule has 0 unspecified atom stereocenters. The first-order chi connectivity index (χ1) is 15.7. The number of amides is 1. The van der Waals surface area contributed by atoms with E-state index in [1.54, 1.807) is 44.6 Å². The van der Waals surface area contributed by atoms with Crippen molar-refractivity contribution in [2.75, 3.05) is 47.2 Å². The van der Waals surface area contributed by atoms with Gasteiger partial charge in [0.25, 0.3) is 0 Å². The van der Waals surface area contributed by atoms with Crippen LogP contribution in [0.1, 0.15) is 24.0 Å². The van der Waals surface area contributed by atoms with Crippen LogP contribution in [0.3, 0.4) is 0 Å². The number of hydrogen-bond donors (Lipinski definition) is 1. The van der Waals surface area contributed by atoms with Gasteiger partial charge >= 0.3 is 0 Å². The van der Waals surface area contributed by atoms with Crippen LogP contribution in [0.5, 0.6) is 11.5 Å². The Kier molecular flexibility index (Phi) is 10.4. The van der Waals surface area contributed by atoms with E-state index in [0.29, 0.717) is 6.54 Å². The summed E-state index contributed by atoms with van der Waals surface area (Å²) >= 11 is 0. The lowest BCUT2D eigenvalue weighted by atomic mass is 10.1. The number of carbonyl (C=O) groups excluding carboxylic acids is 1. The molecule has 0 aromatic heterocycles. The van der Waals surface area contributed by atoms with Gasteiger partial charge in [-0.15, -0.1) is 0 Å². The Morgan fingerprint density at radius 1 is 1.03 bits per heavy atom. The molecular weight excluding hydrogens is 440 g/mol. The van der Waals surface area contributed by atoms with Gasteiger partial charge in [0.05, 0.1) is 19.1 Å². The molecule has 2 aromatic carbocycles. The number of nitrogens with zero attached hydrogens (tertiary/aromatic N) is 1. The summed E-state index contributed by atoms with van der Waals surface area (Å²) in [5, 5.41) is 2.93. The van der Waals surface area contributed by atoms with Crippen molar-refractivity contribution < 1.29 is 22.7 Å². The monoisotopic (exact) mass is 474 g/mol. The van der Waals surface area contributed by atoms with Gasteiger partial charge in [-0.05, 0) is 61.8 Å². The highest BCUT2D eigenvalue weighted by molar-refractivity contribution is 7.90. The normalized spacial score (nSPS) is 11.7. The number of likely N-dealkylation sites (N-methyl/N-ethyl adjacent to an activating group) is 1. The fourth-order valence-corrected chi connectivity index (χ4v) is 3.88. The highest BCUT2D eigenvalue weighted by atomic mass is 32.2. The predicted octanol–water partition coefficient (Wildman–Crippen LogP) is 3.19. The lowest BCUT2D eigenvalue weighted by molar-refractivity contribution is -0.120. The number of ether oxygens (including phenoxy) is 2. The number of nitrogens with one attached hydrogen (secondary N) is 1. The molecule has 1 N–H and O–H groups in total. The molecule has 0 spiro atoms. The summed E-state index contributed by atoms with van der Waals surface area (Å²) in [6.45, 7) is 2.41. The Hall–Kier alpha value is -2.84. The Labute approximate surface area is 197 Å². The molecule has 0 aliphatic heterocycles. The Morgan fingerprint density at radius 3 is 2.36 bits per heavy atom. The van der Waals surface area contributed by atoms with Crippen molar-refractivity contribution in [2.45, 2.75) is 24.2 Å². The van der Waals surface area contributed by atoms with Crippen LogP contribution in [0.25, 0.3) is 6.08 Å². The topological polar surface area (TPSA) is 84.9 Å². The lowest BCUT2D eigenvalue weighted by Crippen LogP contribution is -2.28. The number of carbonyl (C=O) groups is 1. The van der Waals surface area contributed by atoms with Gasteiger partial charge in [0.1, 0.15) is 0 Å². The molecule has 2 rings (SSSR count). The quantitative estimate of drug-likeness (QED) is 0.449. The van der Waals surface area contributed by atoms with E-state index in [1.165, 1.54) is 11.8 Å². The third-order valence-electron chi connectivity index (χ3n) is 5.19. The third kappa shape index (κ3) is 9.27. The summed E-state index contributed by atoms with van der Waals surface area (Å²) in [5.74, 6) is 1.43. The molecule has 0 radical (unpaired) electrons. The minimum absolute atomic E-state index is 0.0352. The van der Waals surface area contributed by atoms with Gasteiger partial charge in [-0.25, -0.2) is 8.42 Å². The highest BCUT2D eigenvalue weighted by Crippen LogP contribution is 2.27. The molecule has 0 atom stereocenters. The van der Waals surface area contributed by atoms with E-state index in [2.05, 4.69) is 17.3 Å². The molecule has 0 saturated carbocycles. The molecule has 0 bridgehead atoms. The Morgan fingerprint density at radius 2 is 1.73 bits per heavy atom. The van der Waals surface area contributed by atoms with Gasteiger partial charge in [-0.1, -0.05) is 30.4 Å². The van der Waals surface area contributed by atoms with Crippen molar-refractivity contribution in [3.05, 3.63) is 59.7 Å². The standard InChI is InChI=1S/C25H34N2O5S/c1-27(18-15-21-11-14-23(31-2)24(19-21)32-3)17-6-16-26-25(28)8-5-7-20-9-12-22(13-10-20)33(4,29)30/h5,7,9-14,19H,6,8,15-18H2,1-4H3,(H,26,28)/b7-5+. The van der Waals surface area contributed by atoms with Gasteiger partial charge < -0.3 is 19.7 Å². The molecule has 0 aliphatic rings. The summed E-state index contributed by atoms with van der Waals surface area (Å²) in [4.78, 5) is 14.5. The van der Waals surface area contributed by atoms with Crippen molar-refractivity contribution in [3.8, 4) is 11.5 Å². The minimum Gasteiger partial charge on any atom is -0.493 e. The summed E-state index contributed by atoms with van der Waals surface area (Å²) in [6.07, 6.45) is 6.82. The zero-order chi connectivity index (χ0) is 24.3. The van der Waals surface area contributed by atoms with E-state index in [9.17, 15) is 13.2 Å². The van der Waals surface area contributed by atoms with E-state index in [0.717, 1.165) is 43.0 Å². The van der Waals surface area contributed by atoms with Gasteiger partial charge in [0, 0.05) is 25.8 Å². The van der Waals surface area contributed by atoms with E-state index in [1.807, 2.05) is 24.3 Å². The number of benzene rings is 2. The number of methoxy groups -OCH3 is 2. The maximum absolute atomic E-state index is 12.0. The van der Waals surface area contributed by atoms with Gasteiger partial charge in [0.2, 0.25) is 5.91 Å². The van der Waals surface area contributed by atoms with Crippen LogP contribution in [0.15, 0.2) is 53.4 Å². The molecule has 7 nitrogen and oxygen atoms in total. The average molecular weight is 475 g/mol. The van der Waals surface area contributed by atoms with Gasteiger partial charge in [-0.2, -0.15) is 0 Å². The number of rotatable bonds is 13.